The van der Waals surface area contributed by atoms with E-state index in [4.69, 9.17) is 0 Å². The van der Waals surface area contributed by atoms with Crippen molar-refractivity contribution in [1.29, 1.82) is 5.26 Å². The summed E-state index contributed by atoms with van der Waals surface area (Å²) in [5.74, 6) is 0. The molecule has 0 N–H and O–H groups in total. The van der Waals surface area contributed by atoms with Crippen LogP contribution in [0.4, 0.5) is 0 Å². The van der Waals surface area contributed by atoms with Gasteiger partial charge in [0.1, 0.15) is 13.1 Å². The van der Waals surface area contributed by atoms with Gasteiger partial charge in [-0.1, -0.05) is 67.3 Å². The normalized spacial score (nSPS) is 10.2. The van der Waals surface area contributed by atoms with E-state index in [1.54, 1.807) is 0 Å². The quantitative estimate of drug-likeness (QED) is 0.480. The summed E-state index contributed by atoms with van der Waals surface area (Å²) in [7, 11) is 0. The minimum Gasteiger partial charge on any atom is -1.00 e. The second-order valence-electron chi connectivity index (χ2n) is 6.57. The van der Waals surface area contributed by atoms with Gasteiger partial charge in [0, 0.05) is 5.56 Å². The lowest BCUT2D eigenvalue weighted by Crippen LogP contribution is -3.00. The summed E-state index contributed by atoms with van der Waals surface area (Å²) in [6, 6.07) is 26.9. The maximum atomic E-state index is 9.38. The lowest BCUT2D eigenvalue weighted by atomic mass is 10.1. The molecule has 28 heavy (non-hydrogen) atoms. The number of aromatic nitrogens is 2. The van der Waals surface area contributed by atoms with Crippen LogP contribution < -0.4 is 17.0 Å². The highest BCUT2D eigenvalue weighted by Crippen LogP contribution is 2.16. The summed E-state index contributed by atoms with van der Waals surface area (Å²) in [6.07, 6.45) is 4.00. The maximum absolute atomic E-state index is 9.38. The van der Waals surface area contributed by atoms with Crippen LogP contribution in [0.5, 0.6) is 0 Å². The molecule has 0 aliphatic heterocycles. The number of imidazole rings is 1. The van der Waals surface area contributed by atoms with Gasteiger partial charge in [-0.3, -0.25) is 0 Å². The number of hydrogen-bond acceptors (Lipinski definition) is 1. The van der Waals surface area contributed by atoms with E-state index >= 15 is 0 Å². The van der Waals surface area contributed by atoms with E-state index < -0.39 is 0 Å². The van der Waals surface area contributed by atoms with Crippen molar-refractivity contribution in [2.75, 3.05) is 0 Å². The summed E-state index contributed by atoms with van der Waals surface area (Å²) in [4.78, 5) is 0. The fourth-order valence-corrected chi connectivity index (χ4v) is 3.40. The molecule has 0 fully saturated rings. The minimum absolute atomic E-state index is 0. The third-order valence-electron chi connectivity index (χ3n) is 4.83. The van der Waals surface area contributed by atoms with Gasteiger partial charge >= 0.3 is 0 Å². The van der Waals surface area contributed by atoms with Crippen LogP contribution >= 0.6 is 0 Å². The van der Waals surface area contributed by atoms with E-state index in [9.17, 15) is 5.26 Å². The van der Waals surface area contributed by atoms with Gasteiger partial charge < -0.3 is 12.4 Å². The Hall–Kier alpha value is -3.35. The smallest absolute Gasteiger partial charge is 0.245 e. The van der Waals surface area contributed by atoms with Crippen molar-refractivity contribution in [2.45, 2.75) is 13.1 Å². The molecule has 0 aliphatic carbocycles. The van der Waals surface area contributed by atoms with Crippen LogP contribution in [0.1, 0.15) is 22.3 Å². The zero-order valence-corrected chi connectivity index (χ0v) is 16.2. The van der Waals surface area contributed by atoms with E-state index in [1.807, 2.05) is 30.3 Å². The molecular formula is C24H20ClN3. The predicted molar refractivity (Wildman–Crippen MR) is 108 cm³/mol. The van der Waals surface area contributed by atoms with Crippen LogP contribution in [-0.2, 0) is 13.1 Å². The lowest BCUT2D eigenvalue weighted by Gasteiger charge is -2.01. The Kier molecular flexibility index (Phi) is 5.93. The number of para-hydroxylation sites is 2. The number of nitriles is 1. The topological polar surface area (TPSA) is 32.6 Å². The van der Waals surface area contributed by atoms with Crippen LogP contribution in [0, 0.1) is 11.3 Å². The van der Waals surface area contributed by atoms with Crippen LogP contribution in [-0.4, -0.2) is 4.57 Å². The van der Waals surface area contributed by atoms with Crippen LogP contribution in [0.2, 0.25) is 0 Å². The standard InChI is InChI=1S/C24H20N3.ClH/c1-2-19-11-13-20(14-12-19)16-26-18-27(24-10-6-5-9-23(24)26)17-22-8-4-3-7-21(22)15-25;/h2-14,18H,1,16-17H2;1H/q+1;/p-1. The lowest BCUT2D eigenvalue weighted by molar-refractivity contribution is -0.663. The average Bonchev–Trinajstić information content (AvgIpc) is 3.06. The van der Waals surface area contributed by atoms with E-state index in [0.29, 0.717) is 6.54 Å². The van der Waals surface area contributed by atoms with Crippen molar-refractivity contribution in [3.05, 3.63) is 108 Å². The summed E-state index contributed by atoms with van der Waals surface area (Å²) in [5, 5.41) is 9.38. The Labute approximate surface area is 171 Å². The van der Waals surface area contributed by atoms with E-state index in [-0.39, 0.29) is 12.4 Å². The molecule has 138 valence electrons. The van der Waals surface area contributed by atoms with Crippen molar-refractivity contribution in [3.8, 4) is 6.07 Å². The number of halogens is 1. The molecule has 3 nitrogen and oxygen atoms in total. The van der Waals surface area contributed by atoms with E-state index in [1.165, 1.54) is 11.1 Å². The van der Waals surface area contributed by atoms with Crippen LogP contribution in [0.25, 0.3) is 17.1 Å². The second kappa shape index (κ2) is 8.56. The molecule has 1 heterocycles. The van der Waals surface area contributed by atoms with Gasteiger partial charge in [0.05, 0.1) is 11.6 Å². The van der Waals surface area contributed by atoms with Crippen molar-refractivity contribution in [3.63, 3.8) is 0 Å². The molecule has 0 saturated carbocycles. The molecule has 4 rings (SSSR count). The fraction of sp³-hybridized carbons (Fsp3) is 0.0833. The molecule has 4 aromatic rings. The van der Waals surface area contributed by atoms with Crippen LogP contribution in [0.3, 0.4) is 0 Å². The largest absolute Gasteiger partial charge is 1.00 e. The third kappa shape index (κ3) is 3.83. The summed E-state index contributed by atoms with van der Waals surface area (Å²) < 4.78 is 4.47. The molecule has 0 saturated heterocycles. The van der Waals surface area contributed by atoms with Crippen molar-refractivity contribution in [1.82, 2.24) is 4.57 Å². The Morgan fingerprint density at radius 3 is 2.43 bits per heavy atom. The van der Waals surface area contributed by atoms with E-state index in [0.717, 1.165) is 28.8 Å². The van der Waals surface area contributed by atoms with Crippen LogP contribution in [0.15, 0.2) is 85.7 Å². The molecule has 0 atom stereocenters. The monoisotopic (exact) mass is 385 g/mol. The molecule has 4 heteroatoms. The van der Waals surface area contributed by atoms with Gasteiger partial charge in [0.25, 0.3) is 0 Å². The number of hydrogen-bond donors (Lipinski definition) is 0. The highest BCUT2D eigenvalue weighted by molar-refractivity contribution is 5.71. The SMILES string of the molecule is C=Cc1ccc(C[n+]2cn(Cc3ccccc3C#N)c3ccccc32)cc1.[Cl-]. The van der Waals surface area contributed by atoms with Gasteiger partial charge in [-0.05, 0) is 29.3 Å². The zero-order valence-electron chi connectivity index (χ0n) is 15.4. The molecule has 0 aliphatic rings. The molecule has 0 bridgehead atoms. The molecule has 3 aromatic carbocycles. The first-order valence-corrected chi connectivity index (χ1v) is 8.95. The molecule has 0 amide bonds. The highest BCUT2D eigenvalue weighted by atomic mass is 35.5. The number of fused-ring (bicyclic) bond motifs is 1. The molecule has 0 radical (unpaired) electrons. The van der Waals surface area contributed by atoms with Crippen molar-refractivity contribution in [2.24, 2.45) is 0 Å². The Balaban J connectivity index is 0.00000225. The molecule has 1 aromatic heterocycles. The first-order valence-electron chi connectivity index (χ1n) is 8.95. The zero-order chi connectivity index (χ0) is 18.6. The third-order valence-corrected chi connectivity index (χ3v) is 4.83. The van der Waals surface area contributed by atoms with Crippen molar-refractivity contribution >= 4 is 17.1 Å². The van der Waals surface area contributed by atoms with Crippen molar-refractivity contribution < 1.29 is 17.0 Å². The Morgan fingerprint density at radius 2 is 1.68 bits per heavy atom. The second-order valence-corrected chi connectivity index (χ2v) is 6.57. The van der Waals surface area contributed by atoms with Gasteiger partial charge in [-0.2, -0.15) is 5.26 Å². The van der Waals surface area contributed by atoms with Gasteiger partial charge in [0.15, 0.2) is 11.0 Å². The Morgan fingerprint density at radius 1 is 0.964 bits per heavy atom. The number of benzene rings is 3. The number of rotatable bonds is 5. The first kappa shape index (κ1) is 19.4. The minimum atomic E-state index is 0. The molecule has 0 spiro atoms. The highest BCUT2D eigenvalue weighted by Gasteiger charge is 2.16. The molecular weight excluding hydrogens is 366 g/mol. The van der Waals surface area contributed by atoms with Gasteiger partial charge in [0.2, 0.25) is 6.33 Å². The first-order chi connectivity index (χ1) is 13.3. The predicted octanol–water partition coefficient (Wildman–Crippen LogP) is 1.54. The molecule has 0 unspecified atom stereocenters. The maximum Gasteiger partial charge on any atom is 0.245 e. The number of nitrogens with zero attached hydrogens (tertiary/aromatic N) is 3. The van der Waals surface area contributed by atoms with Gasteiger partial charge in [-0.25, -0.2) is 9.13 Å². The summed E-state index contributed by atoms with van der Waals surface area (Å²) >= 11 is 0. The Bertz CT molecular complexity index is 1150. The average molecular weight is 386 g/mol. The van der Waals surface area contributed by atoms with Gasteiger partial charge in [-0.15, -0.1) is 0 Å². The fourth-order valence-electron chi connectivity index (χ4n) is 3.40. The summed E-state index contributed by atoms with van der Waals surface area (Å²) in [5.41, 5.74) is 6.46. The van der Waals surface area contributed by atoms with E-state index in [2.05, 4.69) is 76.6 Å². The summed E-state index contributed by atoms with van der Waals surface area (Å²) in [6.45, 7) is 5.28.